The summed E-state index contributed by atoms with van der Waals surface area (Å²) in [4.78, 5) is 12.9. The molecule has 6 heteroatoms. The zero-order chi connectivity index (χ0) is 13.7. The second-order valence-corrected chi connectivity index (χ2v) is 4.68. The van der Waals surface area contributed by atoms with Crippen molar-refractivity contribution < 1.29 is 14.3 Å². The van der Waals surface area contributed by atoms with Gasteiger partial charge in [-0.25, -0.2) is 4.39 Å². The number of hydrogen-bond acceptors (Lipinski definition) is 2. The van der Waals surface area contributed by atoms with Gasteiger partial charge in [0.1, 0.15) is 11.7 Å². The Morgan fingerprint density at radius 1 is 1.56 bits per heavy atom. The molecular weight excluding hydrogens is 280 g/mol. The Kier molecular flexibility index (Phi) is 5.85. The molecule has 0 aliphatic rings. The average molecular weight is 294 g/mol. The largest absolute Gasteiger partial charge is 0.392 e. The number of amides is 1. The van der Waals surface area contributed by atoms with Gasteiger partial charge in [0, 0.05) is 13.1 Å². The van der Waals surface area contributed by atoms with E-state index in [-0.39, 0.29) is 29.9 Å². The van der Waals surface area contributed by atoms with Crippen LogP contribution in [0.2, 0.25) is 5.02 Å². The van der Waals surface area contributed by atoms with Gasteiger partial charge in [-0.15, -0.1) is 11.6 Å². The molecule has 100 valence electrons. The Bertz CT molecular complexity index is 427. The smallest absolute Gasteiger partial charge is 0.237 e. The van der Waals surface area contributed by atoms with Crippen molar-refractivity contribution >= 4 is 29.1 Å². The molecule has 0 aliphatic carbocycles. The predicted molar refractivity (Wildman–Crippen MR) is 69.2 cm³/mol. The Hall–Kier alpha value is -0.840. The number of halogens is 3. The molecular formula is C12H14Cl2FNO2. The molecule has 18 heavy (non-hydrogen) atoms. The summed E-state index contributed by atoms with van der Waals surface area (Å²) in [7, 11) is 0. The highest BCUT2D eigenvalue weighted by atomic mass is 35.5. The fourth-order valence-electron chi connectivity index (χ4n) is 1.52. The summed E-state index contributed by atoms with van der Waals surface area (Å²) in [6.07, 6.45) is -0.672. The Morgan fingerprint density at radius 2 is 2.22 bits per heavy atom. The second kappa shape index (κ2) is 6.92. The van der Waals surface area contributed by atoms with Crippen LogP contribution in [0.3, 0.4) is 0 Å². The number of aliphatic hydroxyl groups is 1. The SMILES string of the molecule is CC(O)CN(Cc1ccc(Cl)c(F)c1)C(=O)CCl. The summed E-state index contributed by atoms with van der Waals surface area (Å²) in [6, 6.07) is 4.32. The van der Waals surface area contributed by atoms with Crippen molar-refractivity contribution in [2.24, 2.45) is 0 Å². The topological polar surface area (TPSA) is 40.5 Å². The van der Waals surface area contributed by atoms with E-state index in [4.69, 9.17) is 23.2 Å². The van der Waals surface area contributed by atoms with Gasteiger partial charge in [-0.05, 0) is 24.6 Å². The molecule has 0 heterocycles. The lowest BCUT2D eigenvalue weighted by atomic mass is 10.2. The Morgan fingerprint density at radius 3 is 2.72 bits per heavy atom. The van der Waals surface area contributed by atoms with E-state index >= 15 is 0 Å². The monoisotopic (exact) mass is 293 g/mol. The van der Waals surface area contributed by atoms with Gasteiger partial charge >= 0.3 is 0 Å². The molecule has 0 spiro atoms. The zero-order valence-corrected chi connectivity index (χ0v) is 11.4. The number of hydrogen-bond donors (Lipinski definition) is 1. The van der Waals surface area contributed by atoms with Crippen molar-refractivity contribution in [3.63, 3.8) is 0 Å². The summed E-state index contributed by atoms with van der Waals surface area (Å²) in [6.45, 7) is 1.90. The summed E-state index contributed by atoms with van der Waals surface area (Å²) in [5.74, 6) is -1.03. The highest BCUT2D eigenvalue weighted by Crippen LogP contribution is 2.17. The number of carbonyl (C=O) groups is 1. The molecule has 1 amide bonds. The third kappa shape index (κ3) is 4.44. The van der Waals surface area contributed by atoms with Crippen LogP contribution < -0.4 is 0 Å². The van der Waals surface area contributed by atoms with E-state index in [0.717, 1.165) is 0 Å². The Balaban J connectivity index is 2.81. The van der Waals surface area contributed by atoms with Gasteiger partial charge in [-0.1, -0.05) is 17.7 Å². The first-order valence-corrected chi connectivity index (χ1v) is 6.31. The molecule has 3 nitrogen and oxygen atoms in total. The number of aliphatic hydroxyl groups excluding tert-OH is 1. The maximum Gasteiger partial charge on any atom is 0.237 e. The number of benzene rings is 1. The molecule has 1 unspecified atom stereocenters. The van der Waals surface area contributed by atoms with E-state index in [1.54, 1.807) is 13.0 Å². The summed E-state index contributed by atoms with van der Waals surface area (Å²) >= 11 is 11.1. The second-order valence-electron chi connectivity index (χ2n) is 4.01. The van der Waals surface area contributed by atoms with E-state index in [1.807, 2.05) is 0 Å². The number of nitrogens with zero attached hydrogens (tertiary/aromatic N) is 1. The predicted octanol–water partition coefficient (Wildman–Crippen LogP) is 2.43. The van der Waals surface area contributed by atoms with E-state index in [2.05, 4.69) is 0 Å². The van der Waals surface area contributed by atoms with Gasteiger partial charge in [0.05, 0.1) is 11.1 Å². The van der Waals surface area contributed by atoms with Crippen molar-refractivity contribution in [3.8, 4) is 0 Å². The molecule has 1 aromatic rings. The number of alkyl halides is 1. The summed E-state index contributed by atoms with van der Waals surface area (Å²) in [5.41, 5.74) is 0.594. The maximum atomic E-state index is 13.3. The molecule has 0 saturated heterocycles. The molecule has 0 aliphatic heterocycles. The number of carbonyl (C=O) groups excluding carboxylic acids is 1. The van der Waals surface area contributed by atoms with E-state index in [0.29, 0.717) is 5.56 Å². The molecule has 1 aromatic carbocycles. The lowest BCUT2D eigenvalue weighted by molar-refractivity contribution is -0.130. The van der Waals surface area contributed by atoms with Crippen LogP contribution in [0.15, 0.2) is 18.2 Å². The minimum absolute atomic E-state index is 0.0319. The van der Waals surface area contributed by atoms with Gasteiger partial charge in [0.25, 0.3) is 0 Å². The quantitative estimate of drug-likeness (QED) is 0.847. The molecule has 0 bridgehead atoms. The van der Waals surface area contributed by atoms with Gasteiger partial charge in [-0.3, -0.25) is 4.79 Å². The Labute approximate surface area is 115 Å². The first-order valence-electron chi connectivity index (χ1n) is 5.39. The van der Waals surface area contributed by atoms with Crippen LogP contribution >= 0.6 is 23.2 Å². The molecule has 0 fully saturated rings. The summed E-state index contributed by atoms with van der Waals surface area (Å²) in [5, 5.41) is 9.34. The molecule has 0 saturated carbocycles. The normalized spacial score (nSPS) is 12.3. The third-order valence-electron chi connectivity index (χ3n) is 2.31. The van der Waals surface area contributed by atoms with Crippen LogP contribution in [-0.4, -0.2) is 34.4 Å². The van der Waals surface area contributed by atoms with Crippen molar-refractivity contribution in [2.75, 3.05) is 12.4 Å². The van der Waals surface area contributed by atoms with Gasteiger partial charge in [-0.2, -0.15) is 0 Å². The van der Waals surface area contributed by atoms with E-state index in [9.17, 15) is 14.3 Å². The maximum absolute atomic E-state index is 13.3. The highest BCUT2D eigenvalue weighted by molar-refractivity contribution is 6.30. The minimum atomic E-state index is -0.672. The molecule has 1 atom stereocenters. The fourth-order valence-corrected chi connectivity index (χ4v) is 1.80. The minimum Gasteiger partial charge on any atom is -0.392 e. The van der Waals surface area contributed by atoms with Crippen LogP contribution in [0.25, 0.3) is 0 Å². The van der Waals surface area contributed by atoms with Crippen LogP contribution in [-0.2, 0) is 11.3 Å². The zero-order valence-electron chi connectivity index (χ0n) is 9.87. The molecule has 1 rings (SSSR count). The molecule has 0 aromatic heterocycles. The van der Waals surface area contributed by atoms with Crippen LogP contribution in [0.1, 0.15) is 12.5 Å². The highest BCUT2D eigenvalue weighted by Gasteiger charge is 2.15. The van der Waals surface area contributed by atoms with Gasteiger partial charge in [0.15, 0.2) is 0 Å². The van der Waals surface area contributed by atoms with Crippen LogP contribution in [0.5, 0.6) is 0 Å². The first-order chi connectivity index (χ1) is 8.43. The third-order valence-corrected chi connectivity index (χ3v) is 2.84. The van der Waals surface area contributed by atoms with Crippen molar-refractivity contribution in [1.82, 2.24) is 4.90 Å². The molecule has 1 N–H and O–H groups in total. The van der Waals surface area contributed by atoms with Crippen molar-refractivity contribution in [3.05, 3.63) is 34.6 Å². The molecule has 0 radical (unpaired) electrons. The summed E-state index contributed by atoms with van der Waals surface area (Å²) < 4.78 is 13.3. The van der Waals surface area contributed by atoms with E-state index in [1.165, 1.54) is 17.0 Å². The number of rotatable bonds is 5. The first kappa shape index (κ1) is 15.2. The fraction of sp³-hybridized carbons (Fsp3) is 0.417. The van der Waals surface area contributed by atoms with Gasteiger partial charge < -0.3 is 10.0 Å². The average Bonchev–Trinajstić information content (AvgIpc) is 2.31. The lowest BCUT2D eigenvalue weighted by Crippen LogP contribution is -2.36. The van der Waals surface area contributed by atoms with E-state index < -0.39 is 11.9 Å². The van der Waals surface area contributed by atoms with Crippen LogP contribution in [0, 0.1) is 5.82 Å². The van der Waals surface area contributed by atoms with Crippen molar-refractivity contribution in [2.45, 2.75) is 19.6 Å². The van der Waals surface area contributed by atoms with Gasteiger partial charge in [0.2, 0.25) is 5.91 Å². The lowest BCUT2D eigenvalue weighted by Gasteiger charge is -2.23. The standard InChI is InChI=1S/C12H14Cl2FNO2/c1-8(17)6-16(12(18)5-13)7-9-2-3-10(14)11(15)4-9/h2-4,8,17H,5-7H2,1H3. The van der Waals surface area contributed by atoms with Crippen LogP contribution in [0.4, 0.5) is 4.39 Å². The van der Waals surface area contributed by atoms with Crippen molar-refractivity contribution in [1.29, 1.82) is 0 Å².